The highest BCUT2D eigenvalue weighted by molar-refractivity contribution is 5.93. The van der Waals surface area contributed by atoms with E-state index < -0.39 is 0 Å². The first-order chi connectivity index (χ1) is 8.72. The zero-order chi connectivity index (χ0) is 12.7. The number of rotatable bonds is 2. The number of aryl methyl sites for hydroxylation is 1. The molecule has 1 aromatic heterocycles. The van der Waals surface area contributed by atoms with Crippen LogP contribution >= 0.6 is 0 Å². The Morgan fingerprint density at radius 2 is 2.39 bits per heavy atom. The lowest BCUT2D eigenvalue weighted by molar-refractivity contribution is 0.0700. The minimum Gasteiger partial charge on any atom is -0.334 e. The Kier molecular flexibility index (Phi) is 2.86. The smallest absolute Gasteiger partial charge is 0.272 e. The van der Waals surface area contributed by atoms with E-state index in [-0.39, 0.29) is 5.91 Å². The lowest BCUT2D eigenvalue weighted by Crippen LogP contribution is -2.40. The van der Waals surface area contributed by atoms with Gasteiger partial charge in [-0.05, 0) is 24.3 Å². The zero-order valence-corrected chi connectivity index (χ0v) is 11.0. The average Bonchev–Trinajstić information content (AvgIpc) is 3.01. The van der Waals surface area contributed by atoms with E-state index >= 15 is 0 Å². The third kappa shape index (κ3) is 1.65. The summed E-state index contributed by atoms with van der Waals surface area (Å²) < 4.78 is 1.67. The molecule has 2 saturated heterocycles. The van der Waals surface area contributed by atoms with Crippen LogP contribution in [0.2, 0.25) is 0 Å². The van der Waals surface area contributed by atoms with Crippen LogP contribution < -0.4 is 5.32 Å². The van der Waals surface area contributed by atoms with Crippen LogP contribution in [-0.4, -0.2) is 46.3 Å². The van der Waals surface area contributed by atoms with Gasteiger partial charge in [0.25, 0.3) is 5.91 Å². The quantitative estimate of drug-likeness (QED) is 0.828. The van der Waals surface area contributed by atoms with Gasteiger partial charge in [0.1, 0.15) is 5.69 Å². The molecule has 1 amide bonds. The van der Waals surface area contributed by atoms with E-state index in [2.05, 4.69) is 22.2 Å². The molecule has 0 aliphatic carbocycles. The number of carbonyl (C=O) groups excluding carboxylic acids is 1. The van der Waals surface area contributed by atoms with E-state index in [4.69, 9.17) is 0 Å². The molecule has 3 atom stereocenters. The van der Waals surface area contributed by atoms with Gasteiger partial charge in [-0.2, -0.15) is 5.10 Å². The van der Waals surface area contributed by atoms with Crippen molar-refractivity contribution in [1.82, 2.24) is 20.0 Å². The van der Waals surface area contributed by atoms with Crippen molar-refractivity contribution in [3.8, 4) is 0 Å². The standard InChI is InChI=1S/C13H20N4O/c1-3-11-10-7-14-6-9(10)8-17(11)13(18)12-4-5-15-16(12)2/h4-5,9-11,14H,3,6-8H2,1-2H3. The molecule has 1 N–H and O–H groups in total. The van der Waals surface area contributed by atoms with Crippen LogP contribution in [0.1, 0.15) is 23.8 Å². The van der Waals surface area contributed by atoms with E-state index in [1.165, 1.54) is 0 Å². The SMILES string of the molecule is CCC1C2CNCC2CN1C(=O)c1ccnn1C. The lowest BCUT2D eigenvalue weighted by atomic mass is 9.93. The third-order valence-electron chi connectivity index (χ3n) is 4.44. The first kappa shape index (κ1) is 11.7. The van der Waals surface area contributed by atoms with Gasteiger partial charge in [0.2, 0.25) is 0 Å². The van der Waals surface area contributed by atoms with Crippen LogP contribution in [0.4, 0.5) is 0 Å². The van der Waals surface area contributed by atoms with E-state index in [1.807, 2.05) is 7.05 Å². The monoisotopic (exact) mass is 248 g/mol. The Bertz CT molecular complexity index is 456. The summed E-state index contributed by atoms with van der Waals surface area (Å²) >= 11 is 0. The van der Waals surface area contributed by atoms with Crippen molar-refractivity contribution in [2.45, 2.75) is 19.4 Å². The molecular formula is C13H20N4O. The van der Waals surface area contributed by atoms with Gasteiger partial charge in [-0.1, -0.05) is 6.92 Å². The van der Waals surface area contributed by atoms with Crippen LogP contribution in [0.15, 0.2) is 12.3 Å². The normalized spacial score (nSPS) is 30.8. The van der Waals surface area contributed by atoms with Crippen LogP contribution in [0.25, 0.3) is 0 Å². The number of carbonyl (C=O) groups is 1. The number of nitrogens with zero attached hydrogens (tertiary/aromatic N) is 3. The van der Waals surface area contributed by atoms with Crippen molar-refractivity contribution in [2.75, 3.05) is 19.6 Å². The van der Waals surface area contributed by atoms with E-state index in [9.17, 15) is 4.79 Å². The van der Waals surface area contributed by atoms with Crippen molar-refractivity contribution < 1.29 is 4.79 Å². The molecule has 2 fully saturated rings. The molecule has 3 unspecified atom stereocenters. The van der Waals surface area contributed by atoms with Crippen molar-refractivity contribution in [1.29, 1.82) is 0 Å². The van der Waals surface area contributed by atoms with Crippen molar-refractivity contribution in [3.05, 3.63) is 18.0 Å². The van der Waals surface area contributed by atoms with E-state index in [0.29, 0.717) is 23.6 Å². The summed E-state index contributed by atoms with van der Waals surface area (Å²) in [6.07, 6.45) is 2.72. The van der Waals surface area contributed by atoms with Crippen LogP contribution in [-0.2, 0) is 7.05 Å². The average molecular weight is 248 g/mol. The van der Waals surface area contributed by atoms with Crippen LogP contribution in [0.5, 0.6) is 0 Å². The molecular weight excluding hydrogens is 228 g/mol. The van der Waals surface area contributed by atoms with Gasteiger partial charge in [0, 0.05) is 38.9 Å². The van der Waals surface area contributed by atoms with Gasteiger partial charge >= 0.3 is 0 Å². The van der Waals surface area contributed by atoms with Gasteiger partial charge in [0.15, 0.2) is 0 Å². The fraction of sp³-hybridized carbons (Fsp3) is 0.692. The molecule has 0 saturated carbocycles. The number of aromatic nitrogens is 2. The van der Waals surface area contributed by atoms with Crippen LogP contribution in [0.3, 0.4) is 0 Å². The number of hydrogen-bond donors (Lipinski definition) is 1. The number of likely N-dealkylation sites (tertiary alicyclic amines) is 1. The summed E-state index contributed by atoms with van der Waals surface area (Å²) in [4.78, 5) is 14.6. The maximum Gasteiger partial charge on any atom is 0.272 e. The predicted molar refractivity (Wildman–Crippen MR) is 68.2 cm³/mol. The van der Waals surface area contributed by atoms with Gasteiger partial charge < -0.3 is 10.2 Å². The molecule has 18 heavy (non-hydrogen) atoms. The molecule has 0 aromatic carbocycles. The first-order valence-corrected chi connectivity index (χ1v) is 6.72. The molecule has 3 rings (SSSR count). The summed E-state index contributed by atoms with van der Waals surface area (Å²) in [6, 6.07) is 2.19. The predicted octanol–water partition coefficient (Wildman–Crippen LogP) is 0.490. The second kappa shape index (κ2) is 4.39. The highest BCUT2D eigenvalue weighted by Crippen LogP contribution is 2.34. The summed E-state index contributed by atoms with van der Waals surface area (Å²) in [5, 5.41) is 7.53. The molecule has 1 aromatic rings. The lowest BCUT2D eigenvalue weighted by Gasteiger charge is -2.26. The van der Waals surface area contributed by atoms with Crippen molar-refractivity contribution in [2.24, 2.45) is 18.9 Å². The fourth-order valence-electron chi connectivity index (χ4n) is 3.51. The molecule has 2 aliphatic heterocycles. The van der Waals surface area contributed by atoms with Crippen LogP contribution in [0, 0.1) is 11.8 Å². The summed E-state index contributed by atoms with van der Waals surface area (Å²) in [5.74, 6) is 1.40. The molecule has 5 nitrogen and oxygen atoms in total. The molecule has 98 valence electrons. The van der Waals surface area contributed by atoms with Gasteiger partial charge in [0.05, 0.1) is 0 Å². The summed E-state index contributed by atoms with van der Waals surface area (Å²) in [7, 11) is 1.83. The molecule has 3 heterocycles. The highest BCUT2D eigenvalue weighted by atomic mass is 16.2. The Balaban J connectivity index is 1.84. The number of hydrogen-bond acceptors (Lipinski definition) is 3. The molecule has 0 spiro atoms. The maximum atomic E-state index is 12.6. The second-order valence-electron chi connectivity index (χ2n) is 5.36. The second-order valence-corrected chi connectivity index (χ2v) is 5.36. The Hall–Kier alpha value is -1.36. The topological polar surface area (TPSA) is 50.2 Å². The maximum absolute atomic E-state index is 12.6. The minimum absolute atomic E-state index is 0.135. The minimum atomic E-state index is 0.135. The Labute approximate surface area is 107 Å². The van der Waals surface area contributed by atoms with E-state index in [1.54, 1.807) is 16.9 Å². The molecule has 0 radical (unpaired) electrons. The Morgan fingerprint density at radius 3 is 3.06 bits per heavy atom. The number of fused-ring (bicyclic) bond motifs is 1. The molecule has 5 heteroatoms. The highest BCUT2D eigenvalue weighted by Gasteiger charge is 2.45. The zero-order valence-electron chi connectivity index (χ0n) is 11.0. The summed E-state index contributed by atoms with van der Waals surface area (Å²) in [5.41, 5.74) is 0.696. The van der Waals surface area contributed by atoms with Crippen molar-refractivity contribution >= 4 is 5.91 Å². The van der Waals surface area contributed by atoms with Gasteiger partial charge in [-0.15, -0.1) is 0 Å². The number of amides is 1. The summed E-state index contributed by atoms with van der Waals surface area (Å²) in [6.45, 7) is 5.17. The van der Waals surface area contributed by atoms with Gasteiger partial charge in [-0.3, -0.25) is 9.48 Å². The van der Waals surface area contributed by atoms with E-state index in [0.717, 1.165) is 26.1 Å². The van der Waals surface area contributed by atoms with Crippen molar-refractivity contribution in [3.63, 3.8) is 0 Å². The molecule has 0 bridgehead atoms. The number of nitrogens with one attached hydrogen (secondary N) is 1. The fourth-order valence-corrected chi connectivity index (χ4v) is 3.51. The van der Waals surface area contributed by atoms with Gasteiger partial charge in [-0.25, -0.2) is 0 Å². The first-order valence-electron chi connectivity index (χ1n) is 6.72. The molecule has 2 aliphatic rings. The Morgan fingerprint density at radius 1 is 1.56 bits per heavy atom. The largest absolute Gasteiger partial charge is 0.334 e. The third-order valence-corrected chi connectivity index (χ3v) is 4.44.